The van der Waals surface area contributed by atoms with Gasteiger partial charge in [0.2, 0.25) is 0 Å². The summed E-state index contributed by atoms with van der Waals surface area (Å²) in [5.74, 6) is -0.531. The lowest BCUT2D eigenvalue weighted by atomic mass is 10.1. The molecule has 2 aromatic carbocycles. The lowest BCUT2D eigenvalue weighted by Crippen LogP contribution is -2.20. The van der Waals surface area contributed by atoms with Gasteiger partial charge in [0.1, 0.15) is 11.1 Å². The number of para-hydroxylation sites is 1. The lowest BCUT2D eigenvalue weighted by molar-refractivity contribution is 0.102. The highest BCUT2D eigenvalue weighted by molar-refractivity contribution is 6.05. The normalized spacial score (nSPS) is 10.6. The molecular weight excluding hydrogens is 282 g/mol. The predicted molar refractivity (Wildman–Crippen MR) is 82.8 cm³/mol. The number of nitrogens with one attached hydrogen (secondary N) is 1. The third kappa shape index (κ3) is 2.75. The second-order valence-electron chi connectivity index (χ2n) is 4.80. The summed E-state index contributed by atoms with van der Waals surface area (Å²) in [6.07, 6.45) is 0. The molecule has 1 aromatic heterocycles. The fourth-order valence-electron chi connectivity index (χ4n) is 2.15. The molecule has 5 nitrogen and oxygen atoms in total. The molecule has 3 rings (SSSR count). The van der Waals surface area contributed by atoms with Crippen LogP contribution < -0.4 is 10.9 Å². The SMILES string of the molecule is O=C(Nc1ccccc1)c1cc2cc(CO)ccc2oc1=O. The summed E-state index contributed by atoms with van der Waals surface area (Å²) in [7, 11) is 0. The van der Waals surface area contributed by atoms with Gasteiger partial charge in [-0.2, -0.15) is 0 Å². The van der Waals surface area contributed by atoms with E-state index in [1.807, 2.05) is 6.07 Å². The Bertz CT molecular complexity index is 884. The summed E-state index contributed by atoms with van der Waals surface area (Å²) in [5.41, 5.74) is 0.870. The largest absolute Gasteiger partial charge is 0.422 e. The van der Waals surface area contributed by atoms with Crippen LogP contribution in [-0.2, 0) is 6.61 Å². The molecule has 1 amide bonds. The molecule has 0 radical (unpaired) electrons. The minimum absolute atomic E-state index is 0.0774. The van der Waals surface area contributed by atoms with Crippen molar-refractivity contribution in [3.8, 4) is 0 Å². The van der Waals surface area contributed by atoms with E-state index in [1.165, 1.54) is 6.07 Å². The third-order valence-electron chi connectivity index (χ3n) is 3.26. The highest BCUT2D eigenvalue weighted by Crippen LogP contribution is 2.16. The number of aliphatic hydroxyl groups excluding tert-OH is 1. The van der Waals surface area contributed by atoms with Crippen molar-refractivity contribution in [2.45, 2.75) is 6.61 Å². The van der Waals surface area contributed by atoms with Gasteiger partial charge in [-0.25, -0.2) is 4.79 Å². The summed E-state index contributed by atoms with van der Waals surface area (Å²) in [5, 5.41) is 12.4. The molecule has 3 aromatic rings. The number of carbonyl (C=O) groups excluding carboxylic acids is 1. The maximum Gasteiger partial charge on any atom is 0.349 e. The van der Waals surface area contributed by atoms with E-state index < -0.39 is 11.5 Å². The van der Waals surface area contributed by atoms with E-state index in [-0.39, 0.29) is 12.2 Å². The molecular formula is C17H13NO4. The average Bonchev–Trinajstić information content (AvgIpc) is 2.54. The number of hydrogen-bond acceptors (Lipinski definition) is 4. The van der Waals surface area contributed by atoms with Crippen molar-refractivity contribution in [1.82, 2.24) is 0 Å². The molecule has 0 spiro atoms. The Morgan fingerprint density at radius 1 is 1.09 bits per heavy atom. The van der Waals surface area contributed by atoms with Crippen LogP contribution in [0.4, 0.5) is 5.69 Å². The van der Waals surface area contributed by atoms with Crippen molar-refractivity contribution in [3.05, 3.63) is 76.1 Å². The first-order valence-electron chi connectivity index (χ1n) is 6.71. The molecule has 0 saturated heterocycles. The van der Waals surface area contributed by atoms with Gasteiger partial charge in [-0.15, -0.1) is 0 Å². The number of aliphatic hydroxyl groups is 1. The molecule has 0 fully saturated rings. The molecule has 0 atom stereocenters. The fraction of sp³-hybridized carbons (Fsp3) is 0.0588. The summed E-state index contributed by atoms with van der Waals surface area (Å²) >= 11 is 0. The van der Waals surface area contributed by atoms with Gasteiger partial charge < -0.3 is 14.8 Å². The van der Waals surface area contributed by atoms with E-state index in [0.29, 0.717) is 22.2 Å². The fourth-order valence-corrected chi connectivity index (χ4v) is 2.15. The second-order valence-corrected chi connectivity index (χ2v) is 4.80. The van der Waals surface area contributed by atoms with Crippen molar-refractivity contribution < 1.29 is 14.3 Å². The van der Waals surface area contributed by atoms with Gasteiger partial charge in [0.05, 0.1) is 6.61 Å². The number of rotatable bonds is 3. The van der Waals surface area contributed by atoms with Crippen LogP contribution >= 0.6 is 0 Å². The smallest absolute Gasteiger partial charge is 0.349 e. The van der Waals surface area contributed by atoms with Crippen molar-refractivity contribution in [2.24, 2.45) is 0 Å². The summed E-state index contributed by atoms with van der Waals surface area (Å²) in [4.78, 5) is 24.2. The van der Waals surface area contributed by atoms with Gasteiger partial charge in [-0.1, -0.05) is 24.3 Å². The third-order valence-corrected chi connectivity index (χ3v) is 3.26. The Labute approximate surface area is 125 Å². The number of amides is 1. The summed E-state index contributed by atoms with van der Waals surface area (Å²) in [6, 6.07) is 15.3. The molecule has 0 unspecified atom stereocenters. The minimum atomic E-state index is -0.697. The van der Waals surface area contributed by atoms with Crippen LogP contribution in [0.1, 0.15) is 15.9 Å². The Balaban J connectivity index is 2.00. The van der Waals surface area contributed by atoms with E-state index >= 15 is 0 Å². The molecule has 1 heterocycles. The van der Waals surface area contributed by atoms with Gasteiger partial charge >= 0.3 is 5.63 Å². The van der Waals surface area contributed by atoms with E-state index in [2.05, 4.69) is 5.32 Å². The van der Waals surface area contributed by atoms with Crippen LogP contribution in [0.25, 0.3) is 11.0 Å². The highest BCUT2D eigenvalue weighted by atomic mass is 16.4. The first-order chi connectivity index (χ1) is 10.7. The van der Waals surface area contributed by atoms with Gasteiger partial charge in [0, 0.05) is 11.1 Å². The van der Waals surface area contributed by atoms with Crippen LogP contribution in [0.15, 0.2) is 63.8 Å². The topological polar surface area (TPSA) is 79.5 Å². The molecule has 0 bridgehead atoms. The van der Waals surface area contributed by atoms with Gasteiger partial charge in [-0.05, 0) is 35.9 Å². The molecule has 22 heavy (non-hydrogen) atoms. The van der Waals surface area contributed by atoms with E-state index in [1.54, 1.807) is 42.5 Å². The summed E-state index contributed by atoms with van der Waals surface area (Å²) < 4.78 is 5.15. The Kier molecular flexibility index (Phi) is 3.72. The van der Waals surface area contributed by atoms with Crippen LogP contribution in [0.5, 0.6) is 0 Å². The summed E-state index contributed by atoms with van der Waals surface area (Å²) in [6.45, 7) is -0.124. The first-order valence-corrected chi connectivity index (χ1v) is 6.71. The van der Waals surface area contributed by atoms with Gasteiger partial charge in [-0.3, -0.25) is 4.79 Å². The van der Waals surface area contributed by atoms with Crippen LogP contribution in [0.3, 0.4) is 0 Å². The molecule has 0 aliphatic carbocycles. The maximum atomic E-state index is 12.2. The average molecular weight is 295 g/mol. The zero-order valence-corrected chi connectivity index (χ0v) is 11.6. The molecule has 110 valence electrons. The monoisotopic (exact) mass is 295 g/mol. The minimum Gasteiger partial charge on any atom is -0.422 e. The van der Waals surface area contributed by atoms with Crippen LogP contribution in [-0.4, -0.2) is 11.0 Å². The molecule has 5 heteroatoms. The molecule has 2 N–H and O–H groups in total. The zero-order chi connectivity index (χ0) is 15.5. The molecule has 0 aliphatic rings. The number of hydrogen-bond donors (Lipinski definition) is 2. The predicted octanol–water partition coefficient (Wildman–Crippen LogP) is 2.54. The van der Waals surface area contributed by atoms with Gasteiger partial charge in [0.15, 0.2) is 0 Å². The number of carbonyl (C=O) groups is 1. The number of benzene rings is 2. The Morgan fingerprint density at radius 3 is 2.59 bits per heavy atom. The zero-order valence-electron chi connectivity index (χ0n) is 11.6. The Hall–Kier alpha value is -2.92. The highest BCUT2D eigenvalue weighted by Gasteiger charge is 2.14. The van der Waals surface area contributed by atoms with E-state index in [4.69, 9.17) is 9.52 Å². The molecule has 0 aliphatic heterocycles. The van der Waals surface area contributed by atoms with Crippen molar-refractivity contribution in [1.29, 1.82) is 0 Å². The first kappa shape index (κ1) is 14.0. The standard InChI is InChI=1S/C17H13NO4/c19-10-11-6-7-15-12(8-11)9-14(17(21)22-15)16(20)18-13-4-2-1-3-5-13/h1-9,19H,10H2,(H,18,20). The van der Waals surface area contributed by atoms with Crippen LogP contribution in [0.2, 0.25) is 0 Å². The Morgan fingerprint density at radius 2 is 1.86 bits per heavy atom. The quantitative estimate of drug-likeness (QED) is 0.728. The van der Waals surface area contributed by atoms with Gasteiger partial charge in [0.25, 0.3) is 5.91 Å². The second kappa shape index (κ2) is 5.83. The lowest BCUT2D eigenvalue weighted by Gasteiger charge is -2.05. The molecule has 0 saturated carbocycles. The van der Waals surface area contributed by atoms with Crippen molar-refractivity contribution >= 4 is 22.6 Å². The van der Waals surface area contributed by atoms with E-state index in [9.17, 15) is 9.59 Å². The van der Waals surface area contributed by atoms with Crippen molar-refractivity contribution in [2.75, 3.05) is 5.32 Å². The van der Waals surface area contributed by atoms with E-state index in [0.717, 1.165) is 0 Å². The van der Waals surface area contributed by atoms with Crippen molar-refractivity contribution in [3.63, 3.8) is 0 Å². The maximum absolute atomic E-state index is 12.2. The number of fused-ring (bicyclic) bond motifs is 1. The number of anilines is 1. The van der Waals surface area contributed by atoms with Crippen LogP contribution in [0, 0.1) is 0 Å².